The lowest BCUT2D eigenvalue weighted by molar-refractivity contribution is 0.0641. The van der Waals surface area contributed by atoms with E-state index in [4.69, 9.17) is 0 Å². The van der Waals surface area contributed by atoms with Gasteiger partial charge in [-0.3, -0.25) is 19.3 Å². The first-order chi connectivity index (χ1) is 12.6. The zero-order valence-electron chi connectivity index (χ0n) is 14.3. The number of fused-ring (bicyclic) bond motifs is 2. The van der Waals surface area contributed by atoms with Crippen molar-refractivity contribution >= 4 is 22.6 Å². The summed E-state index contributed by atoms with van der Waals surface area (Å²) in [5, 5.41) is 7.77. The minimum Gasteiger partial charge on any atom is -0.269 e. The van der Waals surface area contributed by atoms with Crippen LogP contribution in [0.1, 0.15) is 45.3 Å². The molecule has 1 aliphatic heterocycles. The topological polar surface area (TPSA) is 83.1 Å². The van der Waals surface area contributed by atoms with Gasteiger partial charge in [0.15, 0.2) is 0 Å². The zero-order chi connectivity index (χ0) is 18.3. The number of amides is 2. The van der Waals surface area contributed by atoms with Crippen LogP contribution in [0.5, 0.6) is 0 Å². The van der Waals surface area contributed by atoms with Gasteiger partial charge in [0, 0.05) is 5.39 Å². The van der Waals surface area contributed by atoms with E-state index in [2.05, 4.69) is 17.1 Å². The summed E-state index contributed by atoms with van der Waals surface area (Å²) in [5.41, 5.74) is 2.12. The van der Waals surface area contributed by atoms with Crippen LogP contribution in [0.2, 0.25) is 0 Å². The summed E-state index contributed by atoms with van der Waals surface area (Å²) >= 11 is 0. The third-order valence-electron chi connectivity index (χ3n) is 4.66. The van der Waals surface area contributed by atoms with Crippen LogP contribution in [0.15, 0.2) is 47.3 Å². The highest BCUT2D eigenvalue weighted by Crippen LogP contribution is 2.25. The summed E-state index contributed by atoms with van der Waals surface area (Å²) in [4.78, 5) is 38.4. The van der Waals surface area contributed by atoms with Gasteiger partial charge in [-0.1, -0.05) is 31.5 Å². The van der Waals surface area contributed by atoms with Gasteiger partial charge in [0.1, 0.15) is 0 Å². The quantitative estimate of drug-likeness (QED) is 0.736. The SMILES string of the molecule is CCCc1ccc2c(=O)[nH]nc(CN3C(=O)c4ccccc4C3=O)c2c1. The van der Waals surface area contributed by atoms with Crippen molar-refractivity contribution in [3.8, 4) is 0 Å². The minimum atomic E-state index is -0.337. The van der Waals surface area contributed by atoms with Crippen LogP contribution in [0.4, 0.5) is 0 Å². The van der Waals surface area contributed by atoms with Crippen LogP contribution in [-0.4, -0.2) is 26.9 Å². The summed E-state index contributed by atoms with van der Waals surface area (Å²) in [6, 6.07) is 12.4. The summed E-state index contributed by atoms with van der Waals surface area (Å²) in [6.07, 6.45) is 1.87. The fourth-order valence-electron chi connectivity index (χ4n) is 3.36. The molecule has 0 saturated carbocycles. The molecule has 0 bridgehead atoms. The van der Waals surface area contributed by atoms with Crippen molar-refractivity contribution in [1.29, 1.82) is 0 Å². The number of H-pyrrole nitrogens is 1. The normalized spacial score (nSPS) is 13.5. The molecule has 0 spiro atoms. The molecule has 0 aliphatic carbocycles. The van der Waals surface area contributed by atoms with Gasteiger partial charge in [0.2, 0.25) is 0 Å². The Hall–Kier alpha value is -3.28. The average Bonchev–Trinajstić information content (AvgIpc) is 2.89. The molecule has 6 heteroatoms. The minimum absolute atomic E-state index is 0.0230. The van der Waals surface area contributed by atoms with Crippen molar-refractivity contribution < 1.29 is 9.59 Å². The van der Waals surface area contributed by atoms with Crippen molar-refractivity contribution in [2.24, 2.45) is 0 Å². The maximum absolute atomic E-state index is 12.6. The van der Waals surface area contributed by atoms with Crippen LogP contribution in [-0.2, 0) is 13.0 Å². The first kappa shape index (κ1) is 16.2. The summed E-state index contributed by atoms with van der Waals surface area (Å²) < 4.78 is 0. The van der Waals surface area contributed by atoms with Gasteiger partial charge in [-0.15, -0.1) is 0 Å². The molecule has 0 fully saturated rings. The van der Waals surface area contributed by atoms with Gasteiger partial charge in [-0.05, 0) is 36.2 Å². The van der Waals surface area contributed by atoms with Crippen molar-refractivity contribution in [3.63, 3.8) is 0 Å². The zero-order valence-corrected chi connectivity index (χ0v) is 14.3. The van der Waals surface area contributed by atoms with E-state index < -0.39 is 0 Å². The number of aryl methyl sites for hydroxylation is 1. The van der Waals surface area contributed by atoms with E-state index in [1.165, 1.54) is 4.90 Å². The van der Waals surface area contributed by atoms with Crippen molar-refractivity contribution in [3.05, 3.63) is 75.2 Å². The summed E-state index contributed by atoms with van der Waals surface area (Å²) in [7, 11) is 0. The van der Waals surface area contributed by atoms with Gasteiger partial charge in [0.05, 0.1) is 28.8 Å². The number of aromatic nitrogens is 2. The molecule has 0 radical (unpaired) electrons. The fourth-order valence-corrected chi connectivity index (χ4v) is 3.36. The van der Waals surface area contributed by atoms with E-state index in [1.54, 1.807) is 30.3 Å². The first-order valence-electron chi connectivity index (χ1n) is 8.55. The second-order valence-electron chi connectivity index (χ2n) is 6.37. The number of carbonyl (C=O) groups is 2. The number of nitrogens with zero attached hydrogens (tertiary/aromatic N) is 2. The molecular weight excluding hydrogens is 330 g/mol. The van der Waals surface area contributed by atoms with E-state index >= 15 is 0 Å². The van der Waals surface area contributed by atoms with Gasteiger partial charge in [-0.2, -0.15) is 5.10 Å². The predicted molar refractivity (Wildman–Crippen MR) is 97.0 cm³/mol. The lowest BCUT2D eigenvalue weighted by atomic mass is 10.0. The Morgan fingerprint density at radius 1 is 0.962 bits per heavy atom. The Bertz CT molecular complexity index is 1070. The Morgan fingerprint density at radius 3 is 2.31 bits per heavy atom. The van der Waals surface area contributed by atoms with Gasteiger partial charge in [-0.25, -0.2) is 5.10 Å². The highest BCUT2D eigenvalue weighted by Gasteiger charge is 2.35. The van der Waals surface area contributed by atoms with Gasteiger partial charge in [0.25, 0.3) is 17.4 Å². The molecule has 1 N–H and O–H groups in total. The molecule has 4 rings (SSSR count). The fraction of sp³-hybridized carbons (Fsp3) is 0.200. The van der Waals surface area contributed by atoms with E-state index in [0.717, 1.165) is 18.4 Å². The highest BCUT2D eigenvalue weighted by atomic mass is 16.2. The third kappa shape index (κ3) is 2.50. The molecule has 26 heavy (non-hydrogen) atoms. The molecule has 130 valence electrons. The van der Waals surface area contributed by atoms with E-state index in [9.17, 15) is 14.4 Å². The lowest BCUT2D eigenvalue weighted by Gasteiger charge is -2.14. The predicted octanol–water partition coefficient (Wildman–Crippen LogP) is 2.67. The molecule has 1 aliphatic rings. The number of hydrogen-bond donors (Lipinski definition) is 1. The average molecular weight is 347 g/mol. The molecule has 1 aromatic heterocycles. The molecule has 0 saturated heterocycles. The number of rotatable bonds is 4. The van der Waals surface area contributed by atoms with Crippen molar-refractivity contribution in [1.82, 2.24) is 15.1 Å². The standard InChI is InChI=1S/C20H17N3O3/c1-2-5-12-8-9-13-16(10-12)17(21-22-18(13)24)11-23-19(25)14-6-3-4-7-15(14)20(23)26/h3-4,6-10H,2,5,11H2,1H3,(H,22,24). The number of nitrogens with one attached hydrogen (secondary N) is 1. The summed E-state index contributed by atoms with van der Waals surface area (Å²) in [6.45, 7) is 2.11. The number of imide groups is 1. The van der Waals surface area contributed by atoms with Crippen LogP contribution >= 0.6 is 0 Å². The Balaban J connectivity index is 1.77. The smallest absolute Gasteiger partial charge is 0.269 e. The molecule has 2 amide bonds. The Kier molecular flexibility index (Phi) is 3.88. The number of aromatic amines is 1. The maximum Gasteiger partial charge on any atom is 0.272 e. The Labute approximate surface area is 149 Å². The van der Waals surface area contributed by atoms with Gasteiger partial charge < -0.3 is 0 Å². The van der Waals surface area contributed by atoms with Crippen molar-refractivity contribution in [2.45, 2.75) is 26.3 Å². The van der Waals surface area contributed by atoms with E-state index in [-0.39, 0.29) is 23.9 Å². The summed E-state index contributed by atoms with van der Waals surface area (Å²) in [5.74, 6) is -0.673. The van der Waals surface area contributed by atoms with Crippen LogP contribution < -0.4 is 5.56 Å². The maximum atomic E-state index is 12.6. The molecule has 6 nitrogen and oxygen atoms in total. The van der Waals surface area contributed by atoms with Gasteiger partial charge >= 0.3 is 0 Å². The second kappa shape index (κ2) is 6.22. The van der Waals surface area contributed by atoms with Crippen LogP contribution in [0.25, 0.3) is 10.8 Å². The molecule has 0 atom stereocenters. The largest absolute Gasteiger partial charge is 0.272 e. The lowest BCUT2D eigenvalue weighted by Crippen LogP contribution is -2.30. The molecule has 2 heterocycles. The van der Waals surface area contributed by atoms with Crippen molar-refractivity contribution in [2.75, 3.05) is 0 Å². The molecular formula is C20H17N3O3. The monoisotopic (exact) mass is 347 g/mol. The van der Waals surface area contributed by atoms with E-state index in [0.29, 0.717) is 27.6 Å². The van der Waals surface area contributed by atoms with E-state index in [1.807, 2.05) is 12.1 Å². The first-order valence-corrected chi connectivity index (χ1v) is 8.55. The number of benzene rings is 2. The number of carbonyl (C=O) groups excluding carboxylic acids is 2. The Morgan fingerprint density at radius 2 is 1.65 bits per heavy atom. The van der Waals surface area contributed by atoms with Crippen LogP contribution in [0, 0.1) is 0 Å². The molecule has 0 unspecified atom stereocenters. The number of hydrogen-bond acceptors (Lipinski definition) is 4. The highest BCUT2D eigenvalue weighted by molar-refractivity contribution is 6.21. The second-order valence-corrected chi connectivity index (χ2v) is 6.37. The molecule has 3 aromatic rings. The molecule has 2 aromatic carbocycles. The third-order valence-corrected chi connectivity index (χ3v) is 4.66. The van der Waals surface area contributed by atoms with Crippen LogP contribution in [0.3, 0.4) is 0 Å².